The summed E-state index contributed by atoms with van der Waals surface area (Å²) in [5, 5.41) is 86.2. The van der Waals surface area contributed by atoms with Crippen LogP contribution in [0.4, 0.5) is 5.69 Å². The zero-order valence-corrected chi connectivity index (χ0v) is 44.4. The van der Waals surface area contributed by atoms with Gasteiger partial charge in [-0.25, -0.2) is 0 Å². The Kier molecular flexibility index (Phi) is 27.2. The van der Waals surface area contributed by atoms with Crippen molar-refractivity contribution in [2.75, 3.05) is 12.3 Å². The highest BCUT2D eigenvalue weighted by molar-refractivity contribution is 5.97. The average molecular weight is 1080 g/mol. The molecule has 19 heteroatoms. The summed E-state index contributed by atoms with van der Waals surface area (Å²) in [5.74, 6) is -8.00. The number of ether oxygens (including phenoxy) is 4. The maximum absolute atomic E-state index is 13.3. The lowest BCUT2D eigenvalue weighted by Gasteiger charge is -2.44. The molecule has 2 fully saturated rings. The molecule has 0 saturated carbocycles. The number of Topliss-reactive ketones (excluding diaryl/α,β-unsaturated/α-hetero) is 3. The van der Waals surface area contributed by atoms with Gasteiger partial charge < -0.3 is 71.3 Å². The smallest absolute Gasteiger partial charge is 0.313 e. The molecule has 4 rings (SSSR count). The fourth-order valence-corrected chi connectivity index (χ4v) is 9.69. The van der Waals surface area contributed by atoms with Crippen LogP contribution in [0.2, 0.25) is 0 Å². The van der Waals surface area contributed by atoms with E-state index in [0.717, 1.165) is 0 Å². The molecule has 3 aliphatic heterocycles. The second kappa shape index (κ2) is 32.6. The van der Waals surface area contributed by atoms with Gasteiger partial charge in [-0.1, -0.05) is 106 Å². The molecular formula is C58H82N2O17. The molecule has 0 radical (unpaired) electrons. The van der Waals surface area contributed by atoms with Crippen molar-refractivity contribution >= 4 is 35.0 Å². The molecule has 12 unspecified atom stereocenters. The summed E-state index contributed by atoms with van der Waals surface area (Å²) in [4.78, 5) is 64.5. The van der Waals surface area contributed by atoms with Crippen molar-refractivity contribution in [2.45, 2.75) is 177 Å². The van der Waals surface area contributed by atoms with Crippen LogP contribution < -0.4 is 11.5 Å². The Morgan fingerprint density at radius 3 is 2.01 bits per heavy atom. The number of carboxylic acid groups (broad SMARTS) is 1. The van der Waals surface area contributed by atoms with Crippen LogP contribution in [0.25, 0.3) is 0 Å². The Hall–Kier alpha value is -5.29. The summed E-state index contributed by atoms with van der Waals surface area (Å²) in [6.45, 7) is 5.28. The van der Waals surface area contributed by atoms with Gasteiger partial charge in [0.1, 0.15) is 36.1 Å². The molecule has 19 nitrogen and oxygen atoms in total. The molecule has 16 atom stereocenters. The third-order valence-corrected chi connectivity index (χ3v) is 14.0. The van der Waals surface area contributed by atoms with Gasteiger partial charge in [0.2, 0.25) is 0 Å². The molecule has 1 aromatic rings. The minimum atomic E-state index is -2.00. The summed E-state index contributed by atoms with van der Waals surface area (Å²) in [7, 11) is 0. The normalized spacial score (nSPS) is 35.6. The predicted molar refractivity (Wildman–Crippen MR) is 286 cm³/mol. The topological polar surface area (TPSA) is 336 Å². The van der Waals surface area contributed by atoms with E-state index in [4.69, 9.17) is 30.4 Å². The number of nitrogen functional groups attached to an aromatic ring is 1. The Morgan fingerprint density at radius 2 is 1.39 bits per heavy atom. The number of allylic oxidation sites excluding steroid dienone is 12. The first-order chi connectivity index (χ1) is 36.5. The number of carbonyl (C=O) groups excluding carboxylic acids is 4. The minimum absolute atomic E-state index is 0.0162. The van der Waals surface area contributed by atoms with Crippen LogP contribution in [0.5, 0.6) is 0 Å². The number of fused-ring (bicyclic) bond motifs is 2. The third-order valence-electron chi connectivity index (χ3n) is 14.0. The highest BCUT2D eigenvalue weighted by atomic mass is 16.7. The van der Waals surface area contributed by atoms with Gasteiger partial charge >= 0.3 is 11.9 Å². The van der Waals surface area contributed by atoms with Crippen molar-refractivity contribution in [2.24, 2.45) is 29.4 Å². The number of anilines is 1. The van der Waals surface area contributed by atoms with E-state index in [1.54, 1.807) is 103 Å². The summed E-state index contributed by atoms with van der Waals surface area (Å²) < 4.78 is 23.6. The first-order valence-corrected chi connectivity index (χ1v) is 26.6. The molecule has 0 aliphatic carbocycles. The summed E-state index contributed by atoms with van der Waals surface area (Å²) >= 11 is 0. The molecule has 426 valence electrons. The number of ketones is 3. The molecule has 1 aromatic carbocycles. The van der Waals surface area contributed by atoms with Crippen molar-refractivity contribution in [3.05, 3.63) is 115 Å². The molecule has 3 aliphatic rings. The monoisotopic (exact) mass is 1080 g/mol. The molecule has 2 saturated heterocycles. The molecule has 0 aromatic heterocycles. The molecular weight excluding hydrogens is 997 g/mol. The van der Waals surface area contributed by atoms with Gasteiger partial charge in [0.15, 0.2) is 17.9 Å². The van der Waals surface area contributed by atoms with Gasteiger partial charge in [-0.2, -0.15) is 0 Å². The number of benzene rings is 1. The van der Waals surface area contributed by atoms with E-state index in [9.17, 15) is 64.8 Å². The van der Waals surface area contributed by atoms with E-state index in [-0.39, 0.29) is 93.7 Å². The van der Waals surface area contributed by atoms with E-state index in [1.807, 2.05) is 26.8 Å². The van der Waals surface area contributed by atoms with E-state index < -0.39 is 116 Å². The fourth-order valence-electron chi connectivity index (χ4n) is 9.69. The van der Waals surface area contributed by atoms with Crippen LogP contribution in [0.1, 0.15) is 115 Å². The Labute approximate surface area is 451 Å². The van der Waals surface area contributed by atoms with Gasteiger partial charge in [0.25, 0.3) is 0 Å². The first kappa shape index (κ1) is 64.2. The number of aliphatic hydroxyl groups excluding tert-OH is 6. The molecule has 12 N–H and O–H groups in total. The van der Waals surface area contributed by atoms with Crippen molar-refractivity contribution in [1.29, 1.82) is 0 Å². The summed E-state index contributed by atoms with van der Waals surface area (Å²) in [6, 6.07) is 5.34. The number of hydrogen-bond donors (Lipinski definition) is 10. The van der Waals surface area contributed by atoms with Crippen molar-refractivity contribution in [3.8, 4) is 0 Å². The minimum Gasteiger partial charge on any atom is -0.481 e. The molecule has 0 spiro atoms. The van der Waals surface area contributed by atoms with Crippen LogP contribution in [0, 0.1) is 23.7 Å². The van der Waals surface area contributed by atoms with Gasteiger partial charge in [-0.3, -0.25) is 24.0 Å². The van der Waals surface area contributed by atoms with Crippen LogP contribution >= 0.6 is 0 Å². The van der Waals surface area contributed by atoms with Crippen LogP contribution in [-0.4, -0.2) is 150 Å². The quantitative estimate of drug-likeness (QED) is 0.0671. The lowest BCUT2D eigenvalue weighted by Crippen LogP contribution is -2.59. The maximum Gasteiger partial charge on any atom is 0.313 e. The van der Waals surface area contributed by atoms with Crippen LogP contribution in [-0.2, 0) is 38.1 Å². The Morgan fingerprint density at radius 1 is 0.805 bits per heavy atom. The van der Waals surface area contributed by atoms with Gasteiger partial charge in [0, 0.05) is 62.1 Å². The lowest BCUT2D eigenvalue weighted by atomic mass is 9.83. The number of nitrogens with two attached hydrogens (primary N) is 2. The second-order valence-corrected chi connectivity index (χ2v) is 20.8. The number of carboxylic acids is 1. The molecule has 77 heavy (non-hydrogen) atoms. The zero-order chi connectivity index (χ0) is 56.7. The Balaban J connectivity index is 1.51. The first-order valence-electron chi connectivity index (χ1n) is 26.6. The van der Waals surface area contributed by atoms with E-state index in [0.29, 0.717) is 17.7 Å². The number of esters is 1. The van der Waals surface area contributed by atoms with Crippen LogP contribution in [0.3, 0.4) is 0 Å². The largest absolute Gasteiger partial charge is 0.481 e. The predicted octanol–water partition coefficient (Wildman–Crippen LogP) is 4.41. The molecule has 2 bridgehead atoms. The van der Waals surface area contributed by atoms with Crippen molar-refractivity contribution in [1.82, 2.24) is 0 Å². The molecule has 0 amide bonds. The standard InChI is InChI=1S/C58H82N2O17/c1-36-18-14-12-10-8-6-4-5-7-9-11-13-15-22-45(75-57-54(70)53(60)49(68)35-74-57)32-50-52(56(71)72)48(67)34-58(73,77-50)27-17-21-41(61)19-16-20-42(62)29-43(63)30-44(64)31-51(69)76-55(36)38(3)28-37(2)46(65)33-47(66)39-23-25-40(59)26-24-39/h4-15,18,22-26,36-38,41,43,45-46,48-50,52-55,57,61,63,65,67-68,70,73H,16-17,19-21,27-35,59-60H2,1-3H3,(H,71,72)/b5-4-,8-6-,9-7-,12-10-,13-11-,18-14-,22-15-/t36?,37?,38?,41?,43?,45?,46?,48?,49-,50?,52?,53+,54+,55?,57+,58?/m1/s1. The average Bonchev–Trinajstić information content (AvgIpc) is 3.35. The summed E-state index contributed by atoms with van der Waals surface area (Å²) in [5.41, 5.74) is 12.7. The highest BCUT2D eigenvalue weighted by Crippen LogP contribution is 2.38. The molecule has 3 heterocycles. The van der Waals surface area contributed by atoms with Gasteiger partial charge in [-0.05, 0) is 68.2 Å². The second-order valence-electron chi connectivity index (χ2n) is 20.8. The number of cyclic esters (lactones) is 1. The van der Waals surface area contributed by atoms with Crippen LogP contribution in [0.15, 0.2) is 109 Å². The van der Waals surface area contributed by atoms with Gasteiger partial charge in [-0.15, -0.1) is 0 Å². The van der Waals surface area contributed by atoms with Gasteiger partial charge in [0.05, 0.1) is 55.4 Å². The third kappa shape index (κ3) is 22.5. The number of rotatable bonds is 10. The SMILES string of the molecule is CC1\C=C/C=C\C=C/C=C\C=C/C=C\C=C/C(O[C@@H]2OC[C@@H](O)[C@H](N)[C@@H]2O)CC2OC(O)(CCCC(O)CCCC(=O)CC(O)CC(=O)CC(=O)OC1C(C)CC(C)C(O)CC(=O)c1ccc(N)cc1)CC(O)C2C(=O)O. The summed E-state index contributed by atoms with van der Waals surface area (Å²) in [6.07, 6.45) is 11.4. The number of carbonyl (C=O) groups is 5. The number of aliphatic hydroxyl groups is 7. The fraction of sp³-hybridized carbons (Fsp3) is 0.569. The zero-order valence-electron chi connectivity index (χ0n) is 44.4. The van der Waals surface area contributed by atoms with E-state index in [2.05, 4.69) is 0 Å². The Bertz CT molecular complexity index is 2260. The number of aliphatic carboxylic acids is 1. The lowest BCUT2D eigenvalue weighted by molar-refractivity contribution is -0.300. The van der Waals surface area contributed by atoms with E-state index >= 15 is 0 Å². The number of hydrogen-bond acceptors (Lipinski definition) is 18. The van der Waals surface area contributed by atoms with Crippen molar-refractivity contribution in [3.63, 3.8) is 0 Å². The highest BCUT2D eigenvalue weighted by Gasteiger charge is 2.50. The van der Waals surface area contributed by atoms with Crippen molar-refractivity contribution < 1.29 is 83.8 Å². The van der Waals surface area contributed by atoms with E-state index in [1.165, 1.54) is 0 Å². The maximum atomic E-state index is 13.3.